The van der Waals surface area contributed by atoms with Gasteiger partial charge >= 0.3 is 0 Å². The number of hydrogen-bond donors (Lipinski definition) is 2. The van der Waals surface area contributed by atoms with E-state index in [-0.39, 0.29) is 18.0 Å². The molecule has 0 radical (unpaired) electrons. The average Bonchev–Trinajstić information content (AvgIpc) is 3.30. The van der Waals surface area contributed by atoms with Crippen LogP contribution >= 0.6 is 0 Å². The summed E-state index contributed by atoms with van der Waals surface area (Å²) in [7, 11) is -3.56. The lowest BCUT2D eigenvalue weighted by atomic mass is 10.1. The molecule has 1 aromatic rings. The van der Waals surface area contributed by atoms with E-state index >= 15 is 0 Å². The van der Waals surface area contributed by atoms with Crippen LogP contribution in [-0.4, -0.2) is 33.3 Å². The lowest BCUT2D eigenvalue weighted by Crippen LogP contribution is -2.28. The first-order valence-electron chi connectivity index (χ1n) is 7.37. The fraction of sp³-hybridized carbons (Fsp3) is 0.600. The second kappa shape index (κ2) is 7.35. The number of nitrogens with one attached hydrogen (secondary N) is 1. The van der Waals surface area contributed by atoms with Gasteiger partial charge in [0.15, 0.2) is 0 Å². The molecule has 0 saturated heterocycles. The molecule has 2 rings (SSSR count). The largest absolute Gasteiger partial charge is 0.392 e. The first-order chi connectivity index (χ1) is 10.1. The van der Waals surface area contributed by atoms with Crippen molar-refractivity contribution in [2.24, 2.45) is 5.92 Å². The van der Waals surface area contributed by atoms with Crippen LogP contribution in [0.4, 0.5) is 0 Å². The molecule has 1 fully saturated rings. The van der Waals surface area contributed by atoms with Crippen molar-refractivity contribution in [1.29, 1.82) is 0 Å². The molecule has 1 saturated carbocycles. The Morgan fingerprint density at radius 2 is 2.14 bits per heavy atom. The minimum Gasteiger partial charge on any atom is -0.392 e. The van der Waals surface area contributed by atoms with Gasteiger partial charge in [0.2, 0.25) is 10.0 Å². The molecule has 0 unspecified atom stereocenters. The molecule has 1 aromatic carbocycles. The summed E-state index contributed by atoms with van der Waals surface area (Å²) in [6.45, 7) is 3.11. The highest BCUT2D eigenvalue weighted by atomic mass is 32.2. The second-order valence-corrected chi connectivity index (χ2v) is 7.11. The van der Waals surface area contributed by atoms with Crippen LogP contribution < -0.4 is 4.72 Å². The summed E-state index contributed by atoms with van der Waals surface area (Å²) in [6.07, 6.45) is 3.07. The van der Waals surface area contributed by atoms with E-state index in [1.165, 1.54) is 18.9 Å². The van der Waals surface area contributed by atoms with Gasteiger partial charge in [-0.1, -0.05) is 19.1 Å². The maximum absolute atomic E-state index is 12.3. The monoisotopic (exact) mass is 313 g/mol. The van der Waals surface area contributed by atoms with Crippen LogP contribution in [0.1, 0.15) is 30.9 Å². The Morgan fingerprint density at radius 1 is 1.38 bits per heavy atom. The van der Waals surface area contributed by atoms with Crippen LogP contribution in [0.3, 0.4) is 0 Å². The van der Waals surface area contributed by atoms with Crippen LogP contribution in [-0.2, 0) is 27.8 Å². The van der Waals surface area contributed by atoms with Crippen molar-refractivity contribution in [1.82, 2.24) is 4.72 Å². The minimum absolute atomic E-state index is 0.170. The Hall–Kier alpha value is -0.950. The zero-order valence-corrected chi connectivity index (χ0v) is 13.2. The third-order valence-electron chi connectivity index (χ3n) is 3.57. The summed E-state index contributed by atoms with van der Waals surface area (Å²) in [5.41, 5.74) is 1.34. The second-order valence-electron chi connectivity index (χ2n) is 5.37. The normalized spacial score (nSPS) is 15.3. The quantitative estimate of drug-likeness (QED) is 0.677. The van der Waals surface area contributed by atoms with Gasteiger partial charge in [-0.3, -0.25) is 0 Å². The first kappa shape index (κ1) is 16.4. The molecule has 5 nitrogen and oxygen atoms in total. The standard InChI is InChI=1S/C15H23NO4S/c1-2-14-6-5-13(10-17)9-15(14)21(18,19)16-7-8-20-11-12-3-4-12/h5-6,9,12,16-17H,2-4,7-8,10-11H2,1H3. The molecule has 0 amide bonds. The number of ether oxygens (including phenoxy) is 1. The number of aliphatic hydroxyl groups is 1. The Labute approximate surface area is 126 Å². The van der Waals surface area contributed by atoms with Gasteiger partial charge in [0.1, 0.15) is 0 Å². The smallest absolute Gasteiger partial charge is 0.240 e. The number of hydrogen-bond acceptors (Lipinski definition) is 4. The van der Waals surface area contributed by atoms with E-state index in [0.29, 0.717) is 24.5 Å². The predicted molar refractivity (Wildman–Crippen MR) is 80.5 cm³/mol. The molecule has 0 bridgehead atoms. The van der Waals surface area contributed by atoms with Crippen LogP contribution in [0.25, 0.3) is 0 Å². The van der Waals surface area contributed by atoms with Gasteiger partial charge < -0.3 is 9.84 Å². The summed E-state index contributed by atoms with van der Waals surface area (Å²) < 4.78 is 32.7. The van der Waals surface area contributed by atoms with E-state index in [4.69, 9.17) is 9.84 Å². The number of benzene rings is 1. The van der Waals surface area contributed by atoms with Crippen molar-refractivity contribution in [2.75, 3.05) is 19.8 Å². The fourth-order valence-electron chi connectivity index (χ4n) is 2.10. The summed E-state index contributed by atoms with van der Waals surface area (Å²) >= 11 is 0. The molecule has 1 aliphatic rings. The Morgan fingerprint density at radius 3 is 2.76 bits per heavy atom. The SMILES string of the molecule is CCc1ccc(CO)cc1S(=O)(=O)NCCOCC1CC1. The average molecular weight is 313 g/mol. The van der Waals surface area contributed by atoms with E-state index in [9.17, 15) is 8.42 Å². The van der Waals surface area contributed by atoms with Crippen LogP contribution in [0, 0.1) is 5.92 Å². The highest BCUT2D eigenvalue weighted by molar-refractivity contribution is 7.89. The van der Waals surface area contributed by atoms with Crippen molar-refractivity contribution in [3.8, 4) is 0 Å². The predicted octanol–water partition coefficient (Wildman–Crippen LogP) is 1.45. The fourth-order valence-corrected chi connectivity index (χ4v) is 3.47. The third-order valence-corrected chi connectivity index (χ3v) is 5.12. The van der Waals surface area contributed by atoms with Gasteiger partial charge in [-0.2, -0.15) is 0 Å². The number of rotatable bonds is 9. The van der Waals surface area contributed by atoms with Crippen LogP contribution in [0.5, 0.6) is 0 Å². The summed E-state index contributed by atoms with van der Waals surface area (Å²) in [5.74, 6) is 0.675. The molecule has 0 spiro atoms. The molecular formula is C15H23NO4S. The molecule has 0 aromatic heterocycles. The Bertz CT molecular complexity index is 567. The molecule has 0 heterocycles. The van der Waals surface area contributed by atoms with E-state index in [1.54, 1.807) is 12.1 Å². The topological polar surface area (TPSA) is 75.6 Å². The number of aryl methyl sites for hydroxylation is 1. The highest BCUT2D eigenvalue weighted by Crippen LogP contribution is 2.28. The van der Waals surface area contributed by atoms with Crippen molar-refractivity contribution in [3.63, 3.8) is 0 Å². The van der Waals surface area contributed by atoms with Crippen molar-refractivity contribution in [3.05, 3.63) is 29.3 Å². The lowest BCUT2D eigenvalue weighted by molar-refractivity contribution is 0.129. The number of aliphatic hydroxyl groups excluding tert-OH is 1. The summed E-state index contributed by atoms with van der Waals surface area (Å²) in [6, 6.07) is 5.03. The molecule has 2 N–H and O–H groups in total. The molecule has 118 valence electrons. The van der Waals surface area contributed by atoms with Gasteiger partial charge in [-0.05, 0) is 42.4 Å². The van der Waals surface area contributed by atoms with Crippen LogP contribution in [0.2, 0.25) is 0 Å². The molecule has 0 atom stereocenters. The van der Waals surface area contributed by atoms with Gasteiger partial charge in [0.05, 0.1) is 18.1 Å². The van der Waals surface area contributed by atoms with E-state index < -0.39 is 10.0 Å². The van der Waals surface area contributed by atoms with E-state index in [2.05, 4.69) is 4.72 Å². The zero-order valence-electron chi connectivity index (χ0n) is 12.3. The summed E-state index contributed by atoms with van der Waals surface area (Å²) in [4.78, 5) is 0.249. The molecule has 0 aliphatic heterocycles. The van der Waals surface area contributed by atoms with Crippen molar-refractivity contribution < 1.29 is 18.3 Å². The molecule has 6 heteroatoms. The van der Waals surface area contributed by atoms with E-state index in [0.717, 1.165) is 12.2 Å². The van der Waals surface area contributed by atoms with Gasteiger partial charge in [-0.15, -0.1) is 0 Å². The first-order valence-corrected chi connectivity index (χ1v) is 8.85. The van der Waals surface area contributed by atoms with Crippen LogP contribution in [0.15, 0.2) is 23.1 Å². The Kier molecular flexibility index (Phi) is 5.75. The van der Waals surface area contributed by atoms with Gasteiger partial charge in [0.25, 0.3) is 0 Å². The van der Waals surface area contributed by atoms with Crippen molar-refractivity contribution in [2.45, 2.75) is 37.7 Å². The third kappa shape index (κ3) is 4.78. The van der Waals surface area contributed by atoms with Gasteiger partial charge in [-0.25, -0.2) is 13.1 Å². The summed E-state index contributed by atoms with van der Waals surface area (Å²) in [5, 5.41) is 9.16. The maximum Gasteiger partial charge on any atom is 0.240 e. The molecule has 1 aliphatic carbocycles. The number of sulfonamides is 1. The van der Waals surface area contributed by atoms with E-state index in [1.807, 2.05) is 6.92 Å². The zero-order chi connectivity index (χ0) is 15.3. The Balaban J connectivity index is 1.96. The molecule has 21 heavy (non-hydrogen) atoms. The maximum atomic E-state index is 12.3. The van der Waals surface area contributed by atoms with Gasteiger partial charge in [0, 0.05) is 13.2 Å². The van der Waals surface area contributed by atoms with Crippen molar-refractivity contribution >= 4 is 10.0 Å². The highest BCUT2D eigenvalue weighted by Gasteiger charge is 2.21. The minimum atomic E-state index is -3.56. The molecular weight excluding hydrogens is 290 g/mol. The lowest BCUT2D eigenvalue weighted by Gasteiger charge is -2.12.